The molecule has 11 heteroatoms. The third-order valence-electron chi connectivity index (χ3n) is 7.53. The van der Waals surface area contributed by atoms with Gasteiger partial charge in [0.2, 0.25) is 5.91 Å². The number of amides is 2. The van der Waals surface area contributed by atoms with Crippen molar-refractivity contribution < 1.29 is 18.0 Å². The van der Waals surface area contributed by atoms with Gasteiger partial charge in [-0.15, -0.1) is 5.10 Å². The zero-order chi connectivity index (χ0) is 28.2. The number of hydrogen-bond acceptors (Lipinski definition) is 7. The largest absolute Gasteiger partial charge is 0.335 e. The second-order valence-electron chi connectivity index (χ2n) is 11.4. The standard InChI is InChI=1S/C28H36N6O4S/c1-28(2,3)22-11-13-23(14-12-22)34(25(35)17-19-7-15-24(16-8-19)39(4,37)38)18-20-5-9-21(10-6-20)26(36)29-27-30-32-33-31-27/h5-10,15-16,22-23H,11-14,17-18H2,1-4H3,(H2,29,30,31,32,33,36). The predicted molar refractivity (Wildman–Crippen MR) is 148 cm³/mol. The lowest BCUT2D eigenvalue weighted by atomic mass is 9.71. The zero-order valence-electron chi connectivity index (χ0n) is 22.8. The van der Waals surface area contributed by atoms with Crippen molar-refractivity contribution in [1.82, 2.24) is 25.5 Å². The van der Waals surface area contributed by atoms with E-state index in [-0.39, 0.29) is 40.5 Å². The van der Waals surface area contributed by atoms with Crippen molar-refractivity contribution in [2.24, 2.45) is 11.3 Å². The van der Waals surface area contributed by atoms with E-state index in [1.165, 1.54) is 6.26 Å². The third kappa shape index (κ3) is 7.50. The average molecular weight is 553 g/mol. The number of sulfone groups is 1. The monoisotopic (exact) mass is 552 g/mol. The van der Waals surface area contributed by atoms with Gasteiger partial charge in [0.25, 0.3) is 11.9 Å². The minimum absolute atomic E-state index is 0.000223. The molecule has 39 heavy (non-hydrogen) atoms. The first-order valence-electron chi connectivity index (χ1n) is 13.1. The smallest absolute Gasteiger partial charge is 0.270 e. The van der Waals surface area contributed by atoms with Crippen molar-refractivity contribution in [1.29, 1.82) is 0 Å². The molecule has 0 spiro atoms. The van der Waals surface area contributed by atoms with Crippen molar-refractivity contribution in [3.63, 3.8) is 0 Å². The number of hydrogen-bond donors (Lipinski definition) is 2. The molecule has 2 aromatic carbocycles. The second kappa shape index (κ2) is 11.6. The average Bonchev–Trinajstić information content (AvgIpc) is 3.40. The Labute approximate surface area is 229 Å². The van der Waals surface area contributed by atoms with Gasteiger partial charge in [0.15, 0.2) is 9.84 Å². The topological polar surface area (TPSA) is 138 Å². The lowest BCUT2D eigenvalue weighted by Gasteiger charge is -2.41. The van der Waals surface area contributed by atoms with Crippen LogP contribution >= 0.6 is 0 Å². The Kier molecular flexibility index (Phi) is 8.48. The van der Waals surface area contributed by atoms with E-state index in [2.05, 4.69) is 46.7 Å². The Morgan fingerprint density at radius 1 is 0.974 bits per heavy atom. The molecule has 1 aliphatic rings. The molecule has 3 aromatic rings. The third-order valence-corrected chi connectivity index (χ3v) is 8.66. The van der Waals surface area contributed by atoms with Crippen molar-refractivity contribution in [3.8, 4) is 0 Å². The van der Waals surface area contributed by atoms with E-state index in [1.54, 1.807) is 36.4 Å². The molecule has 0 atom stereocenters. The van der Waals surface area contributed by atoms with Crippen LogP contribution in [0.15, 0.2) is 53.4 Å². The van der Waals surface area contributed by atoms with Gasteiger partial charge < -0.3 is 4.90 Å². The van der Waals surface area contributed by atoms with Crippen LogP contribution in [0.2, 0.25) is 0 Å². The minimum Gasteiger partial charge on any atom is -0.335 e. The van der Waals surface area contributed by atoms with Gasteiger partial charge in [-0.1, -0.05) is 50.1 Å². The molecule has 1 aromatic heterocycles. The Balaban J connectivity index is 1.49. The van der Waals surface area contributed by atoms with Gasteiger partial charge in [0, 0.05) is 24.4 Å². The van der Waals surface area contributed by atoms with Crippen LogP contribution in [0.1, 0.15) is 67.9 Å². The molecule has 10 nitrogen and oxygen atoms in total. The van der Waals surface area contributed by atoms with Crippen LogP contribution in [0.3, 0.4) is 0 Å². The van der Waals surface area contributed by atoms with Gasteiger partial charge >= 0.3 is 0 Å². The quantitative estimate of drug-likeness (QED) is 0.430. The van der Waals surface area contributed by atoms with E-state index in [0.29, 0.717) is 18.0 Å². The summed E-state index contributed by atoms with van der Waals surface area (Å²) >= 11 is 0. The summed E-state index contributed by atoms with van der Waals surface area (Å²) in [5, 5.41) is 15.7. The first-order chi connectivity index (χ1) is 18.4. The molecule has 1 fully saturated rings. The number of aromatic amines is 1. The van der Waals surface area contributed by atoms with E-state index < -0.39 is 9.84 Å². The molecular weight excluding hydrogens is 516 g/mol. The molecule has 0 aliphatic heterocycles. The fourth-order valence-electron chi connectivity index (χ4n) is 5.15. The Morgan fingerprint density at radius 2 is 1.59 bits per heavy atom. The number of carbonyl (C=O) groups is 2. The molecule has 1 heterocycles. The van der Waals surface area contributed by atoms with Gasteiger partial charge in [0.05, 0.1) is 11.3 Å². The van der Waals surface area contributed by atoms with Crippen LogP contribution in [0, 0.1) is 11.3 Å². The normalized spacial score (nSPS) is 17.9. The lowest BCUT2D eigenvalue weighted by Crippen LogP contribution is -2.43. The Hall–Kier alpha value is -3.60. The van der Waals surface area contributed by atoms with E-state index >= 15 is 0 Å². The van der Waals surface area contributed by atoms with E-state index in [9.17, 15) is 18.0 Å². The number of H-pyrrole nitrogens is 1. The first kappa shape index (κ1) is 28.4. The Bertz CT molecular complexity index is 1370. The van der Waals surface area contributed by atoms with Crippen LogP contribution in [0.5, 0.6) is 0 Å². The van der Waals surface area contributed by atoms with Gasteiger partial charge in [0.1, 0.15) is 0 Å². The number of tetrazole rings is 1. The highest BCUT2D eigenvalue weighted by Crippen LogP contribution is 2.39. The molecule has 2 amide bonds. The SMILES string of the molecule is CC(C)(C)C1CCC(N(Cc2ccc(C(=O)Nc3nn[nH]n3)cc2)C(=O)Cc2ccc(S(C)(=O)=O)cc2)CC1. The molecular formula is C28H36N6O4S. The molecule has 1 saturated carbocycles. The van der Waals surface area contributed by atoms with Gasteiger partial charge in [-0.3, -0.25) is 14.9 Å². The lowest BCUT2D eigenvalue weighted by molar-refractivity contribution is -0.134. The van der Waals surface area contributed by atoms with Crippen LogP contribution < -0.4 is 5.32 Å². The number of nitrogens with one attached hydrogen (secondary N) is 2. The minimum atomic E-state index is -3.30. The van der Waals surface area contributed by atoms with Crippen molar-refractivity contribution in [2.45, 2.75) is 70.4 Å². The number of carbonyl (C=O) groups excluding carboxylic acids is 2. The molecule has 0 saturated heterocycles. The number of benzene rings is 2. The van der Waals surface area contributed by atoms with E-state index in [0.717, 1.165) is 36.8 Å². The fraction of sp³-hybridized carbons (Fsp3) is 0.464. The summed E-state index contributed by atoms with van der Waals surface area (Å²) < 4.78 is 23.6. The highest BCUT2D eigenvalue weighted by Gasteiger charge is 2.33. The van der Waals surface area contributed by atoms with Gasteiger partial charge in [-0.2, -0.15) is 5.21 Å². The summed E-state index contributed by atoms with van der Waals surface area (Å²) in [7, 11) is -3.30. The zero-order valence-corrected chi connectivity index (χ0v) is 23.7. The summed E-state index contributed by atoms with van der Waals surface area (Å²) in [6.07, 6.45) is 5.36. The van der Waals surface area contributed by atoms with Crippen LogP contribution in [0.4, 0.5) is 5.95 Å². The second-order valence-corrected chi connectivity index (χ2v) is 13.4. The highest BCUT2D eigenvalue weighted by molar-refractivity contribution is 7.90. The molecule has 2 N–H and O–H groups in total. The molecule has 0 unspecified atom stereocenters. The van der Waals surface area contributed by atoms with Crippen molar-refractivity contribution >= 4 is 27.6 Å². The summed E-state index contributed by atoms with van der Waals surface area (Å²) in [5.41, 5.74) is 2.37. The number of aromatic nitrogens is 4. The van der Waals surface area contributed by atoms with Gasteiger partial charge in [-0.25, -0.2) is 8.42 Å². The number of anilines is 1. The predicted octanol–water partition coefficient (Wildman–Crippen LogP) is 4.03. The first-order valence-corrected chi connectivity index (χ1v) is 15.0. The highest BCUT2D eigenvalue weighted by atomic mass is 32.2. The van der Waals surface area contributed by atoms with E-state index in [4.69, 9.17) is 0 Å². The van der Waals surface area contributed by atoms with Crippen LogP contribution in [-0.2, 0) is 27.6 Å². The molecule has 4 rings (SSSR count). The number of rotatable bonds is 8. The Morgan fingerprint density at radius 3 is 2.13 bits per heavy atom. The van der Waals surface area contributed by atoms with Crippen LogP contribution in [-0.4, -0.2) is 58.1 Å². The fourth-order valence-corrected chi connectivity index (χ4v) is 5.78. The molecule has 1 aliphatic carbocycles. The summed E-state index contributed by atoms with van der Waals surface area (Å²) in [6, 6.07) is 13.8. The van der Waals surface area contributed by atoms with Crippen molar-refractivity contribution in [2.75, 3.05) is 11.6 Å². The molecule has 208 valence electrons. The summed E-state index contributed by atoms with van der Waals surface area (Å²) in [5.74, 6) is 0.358. The van der Waals surface area contributed by atoms with Crippen molar-refractivity contribution in [3.05, 3.63) is 65.2 Å². The van der Waals surface area contributed by atoms with Gasteiger partial charge in [-0.05, 0) is 77.6 Å². The summed E-state index contributed by atoms with van der Waals surface area (Å²) in [6.45, 7) is 7.25. The van der Waals surface area contributed by atoms with Crippen LogP contribution in [0.25, 0.3) is 0 Å². The molecule has 0 radical (unpaired) electrons. The summed E-state index contributed by atoms with van der Waals surface area (Å²) in [4.78, 5) is 28.3. The van der Waals surface area contributed by atoms with E-state index in [1.807, 2.05) is 17.0 Å². The maximum absolute atomic E-state index is 13.7. The maximum Gasteiger partial charge on any atom is 0.270 e. The molecule has 0 bridgehead atoms. The number of nitrogens with zero attached hydrogens (tertiary/aromatic N) is 4. The maximum atomic E-state index is 13.7.